The first-order valence-electron chi connectivity index (χ1n) is 6.17. The Hall–Kier alpha value is -3.02. The number of nitrogen functional groups attached to an aromatic ring is 1. The van der Waals surface area contributed by atoms with Crippen molar-refractivity contribution < 1.29 is 19.4 Å². The minimum absolute atomic E-state index is 0.280. The van der Waals surface area contributed by atoms with Gasteiger partial charge in [0.1, 0.15) is 5.75 Å². The van der Waals surface area contributed by atoms with Crippen LogP contribution in [0.25, 0.3) is 0 Å². The number of para-hydroxylation sites is 3. The molecule has 2 aromatic rings. The van der Waals surface area contributed by atoms with Crippen molar-refractivity contribution in [3.8, 4) is 5.75 Å². The molecule has 0 atom stereocenters. The summed E-state index contributed by atoms with van der Waals surface area (Å²) >= 11 is 0. The highest BCUT2D eigenvalue weighted by Crippen LogP contribution is 2.25. The van der Waals surface area contributed by atoms with Crippen LogP contribution in [-0.2, 0) is 4.79 Å². The monoisotopic (exact) mass is 286 g/mol. The Kier molecular flexibility index (Phi) is 4.40. The molecule has 4 N–H and O–H groups in total. The summed E-state index contributed by atoms with van der Waals surface area (Å²) in [6, 6.07) is 13.3. The fourth-order valence-electron chi connectivity index (χ4n) is 1.73. The molecular formula is C15H14N2O4. The van der Waals surface area contributed by atoms with Crippen molar-refractivity contribution in [2.75, 3.05) is 17.7 Å². The molecule has 2 rings (SSSR count). The number of rotatable bonds is 5. The Morgan fingerprint density at radius 1 is 1.10 bits per heavy atom. The highest BCUT2D eigenvalue weighted by molar-refractivity contribution is 6.08. The molecular weight excluding hydrogens is 272 g/mol. The number of carbonyl (C=O) groups is 2. The van der Waals surface area contributed by atoms with E-state index in [2.05, 4.69) is 5.32 Å². The zero-order valence-electron chi connectivity index (χ0n) is 11.1. The van der Waals surface area contributed by atoms with E-state index in [0.717, 1.165) is 0 Å². The summed E-state index contributed by atoms with van der Waals surface area (Å²) in [4.78, 5) is 22.7. The summed E-state index contributed by atoms with van der Waals surface area (Å²) in [5.74, 6) is -1.20. The summed E-state index contributed by atoms with van der Waals surface area (Å²) in [6.45, 7) is -0.486. The maximum absolute atomic E-state index is 12.2. The molecule has 2 aromatic carbocycles. The quantitative estimate of drug-likeness (QED) is 0.729. The average molecular weight is 286 g/mol. The topological polar surface area (TPSA) is 102 Å². The van der Waals surface area contributed by atoms with Gasteiger partial charge < -0.3 is 20.9 Å². The predicted molar refractivity (Wildman–Crippen MR) is 78.4 cm³/mol. The summed E-state index contributed by atoms with van der Waals surface area (Å²) in [5.41, 5.74) is 6.82. The average Bonchev–Trinajstić information content (AvgIpc) is 2.46. The van der Waals surface area contributed by atoms with Crippen molar-refractivity contribution >= 4 is 23.3 Å². The second-order valence-corrected chi connectivity index (χ2v) is 4.22. The lowest BCUT2D eigenvalue weighted by Gasteiger charge is -2.12. The van der Waals surface area contributed by atoms with Gasteiger partial charge in [-0.15, -0.1) is 0 Å². The van der Waals surface area contributed by atoms with E-state index in [0.29, 0.717) is 16.9 Å². The number of nitrogens with one attached hydrogen (secondary N) is 1. The number of carbonyl (C=O) groups excluding carboxylic acids is 1. The van der Waals surface area contributed by atoms with Gasteiger partial charge >= 0.3 is 5.97 Å². The fourth-order valence-corrected chi connectivity index (χ4v) is 1.73. The van der Waals surface area contributed by atoms with Crippen LogP contribution in [0.1, 0.15) is 10.4 Å². The molecule has 0 fully saturated rings. The lowest BCUT2D eigenvalue weighted by atomic mass is 10.1. The van der Waals surface area contributed by atoms with E-state index >= 15 is 0 Å². The van der Waals surface area contributed by atoms with E-state index in [1.54, 1.807) is 48.5 Å². The summed E-state index contributed by atoms with van der Waals surface area (Å²) in [7, 11) is 0. The number of hydrogen-bond donors (Lipinski definition) is 3. The molecule has 21 heavy (non-hydrogen) atoms. The van der Waals surface area contributed by atoms with Crippen LogP contribution in [0.4, 0.5) is 11.4 Å². The van der Waals surface area contributed by atoms with Gasteiger partial charge in [0, 0.05) is 5.69 Å². The second-order valence-electron chi connectivity index (χ2n) is 4.22. The zero-order chi connectivity index (χ0) is 15.2. The van der Waals surface area contributed by atoms with Crippen LogP contribution in [0.5, 0.6) is 5.75 Å². The van der Waals surface area contributed by atoms with Crippen molar-refractivity contribution in [1.29, 1.82) is 0 Å². The van der Waals surface area contributed by atoms with Gasteiger partial charge in [-0.05, 0) is 24.3 Å². The van der Waals surface area contributed by atoms with Crippen molar-refractivity contribution in [2.45, 2.75) is 0 Å². The summed E-state index contributed by atoms with van der Waals surface area (Å²) < 4.78 is 5.12. The SMILES string of the molecule is Nc1ccccc1C(=O)Nc1ccccc1OCC(=O)O. The third kappa shape index (κ3) is 3.73. The lowest BCUT2D eigenvalue weighted by molar-refractivity contribution is -0.139. The van der Waals surface area contributed by atoms with E-state index in [1.165, 1.54) is 0 Å². The fraction of sp³-hybridized carbons (Fsp3) is 0.0667. The number of benzene rings is 2. The van der Waals surface area contributed by atoms with Gasteiger partial charge in [0.25, 0.3) is 5.91 Å². The van der Waals surface area contributed by atoms with Gasteiger partial charge in [-0.1, -0.05) is 24.3 Å². The van der Waals surface area contributed by atoms with Crippen molar-refractivity contribution in [3.63, 3.8) is 0 Å². The Labute approximate surface area is 121 Å². The van der Waals surface area contributed by atoms with Crippen LogP contribution >= 0.6 is 0 Å². The molecule has 0 aliphatic rings. The second kappa shape index (κ2) is 6.42. The Morgan fingerprint density at radius 3 is 2.48 bits per heavy atom. The number of hydrogen-bond acceptors (Lipinski definition) is 4. The number of carboxylic acids is 1. The van der Waals surface area contributed by atoms with Crippen LogP contribution in [0.2, 0.25) is 0 Å². The number of nitrogens with two attached hydrogens (primary N) is 1. The van der Waals surface area contributed by atoms with Crippen molar-refractivity contribution in [2.24, 2.45) is 0 Å². The number of amides is 1. The summed E-state index contributed by atoms with van der Waals surface area (Å²) in [6.07, 6.45) is 0. The first kappa shape index (κ1) is 14.4. The molecule has 0 unspecified atom stereocenters. The predicted octanol–water partition coefficient (Wildman–Crippen LogP) is 1.98. The van der Waals surface area contributed by atoms with Crippen LogP contribution in [-0.4, -0.2) is 23.6 Å². The molecule has 0 bridgehead atoms. The zero-order valence-corrected chi connectivity index (χ0v) is 11.1. The third-order valence-corrected chi connectivity index (χ3v) is 2.69. The van der Waals surface area contributed by atoms with Gasteiger partial charge in [0.2, 0.25) is 0 Å². The lowest BCUT2D eigenvalue weighted by Crippen LogP contribution is -2.16. The number of aliphatic carboxylic acids is 1. The van der Waals surface area contributed by atoms with Gasteiger partial charge in [-0.25, -0.2) is 4.79 Å². The van der Waals surface area contributed by atoms with Crippen molar-refractivity contribution in [1.82, 2.24) is 0 Å². The van der Waals surface area contributed by atoms with Gasteiger partial charge in [0.15, 0.2) is 6.61 Å². The minimum atomic E-state index is -1.09. The smallest absolute Gasteiger partial charge is 0.341 e. The van der Waals surface area contributed by atoms with E-state index in [4.69, 9.17) is 15.6 Å². The maximum atomic E-state index is 12.2. The maximum Gasteiger partial charge on any atom is 0.341 e. The van der Waals surface area contributed by atoms with Gasteiger partial charge in [-0.2, -0.15) is 0 Å². The molecule has 0 aromatic heterocycles. The third-order valence-electron chi connectivity index (χ3n) is 2.69. The van der Waals surface area contributed by atoms with Gasteiger partial charge in [-0.3, -0.25) is 4.79 Å². The number of ether oxygens (including phenoxy) is 1. The van der Waals surface area contributed by atoms with E-state index in [1.807, 2.05) is 0 Å². The first-order valence-corrected chi connectivity index (χ1v) is 6.17. The molecule has 6 heteroatoms. The molecule has 0 heterocycles. The molecule has 0 saturated carbocycles. The Balaban J connectivity index is 2.18. The van der Waals surface area contributed by atoms with E-state index in [9.17, 15) is 9.59 Å². The molecule has 0 spiro atoms. The molecule has 0 radical (unpaired) electrons. The highest BCUT2D eigenvalue weighted by atomic mass is 16.5. The Morgan fingerprint density at radius 2 is 1.76 bits per heavy atom. The molecule has 108 valence electrons. The van der Waals surface area contributed by atoms with Gasteiger partial charge in [0.05, 0.1) is 11.3 Å². The van der Waals surface area contributed by atoms with E-state index in [-0.39, 0.29) is 11.7 Å². The van der Waals surface area contributed by atoms with E-state index < -0.39 is 12.6 Å². The van der Waals surface area contributed by atoms with Crippen molar-refractivity contribution in [3.05, 3.63) is 54.1 Å². The highest BCUT2D eigenvalue weighted by Gasteiger charge is 2.12. The van der Waals surface area contributed by atoms with Crippen LogP contribution < -0.4 is 15.8 Å². The first-order chi connectivity index (χ1) is 10.1. The molecule has 1 amide bonds. The number of carboxylic acid groups (broad SMARTS) is 1. The molecule has 0 aliphatic heterocycles. The van der Waals surface area contributed by atoms with Crippen LogP contribution in [0.3, 0.4) is 0 Å². The van der Waals surface area contributed by atoms with Crippen LogP contribution in [0, 0.1) is 0 Å². The minimum Gasteiger partial charge on any atom is -0.480 e. The summed E-state index contributed by atoms with van der Waals surface area (Å²) in [5, 5.41) is 11.3. The molecule has 0 saturated heterocycles. The van der Waals surface area contributed by atoms with Crippen LogP contribution in [0.15, 0.2) is 48.5 Å². The normalized spacial score (nSPS) is 9.90. The molecule has 6 nitrogen and oxygen atoms in total. The molecule has 0 aliphatic carbocycles. The Bertz CT molecular complexity index is 670. The largest absolute Gasteiger partial charge is 0.480 e. The standard InChI is InChI=1S/C15H14N2O4/c16-11-6-2-1-5-10(11)15(20)17-12-7-3-4-8-13(12)21-9-14(18)19/h1-8H,9,16H2,(H,17,20)(H,18,19). The number of anilines is 2.